The molecule has 1 amide bonds. The SMILES string of the molecule is COC(=O)[C@H]1O[C@H](O[Si](C(C)C)(C(C)C)C(C)C)[C@H](NC(C)=O)[C@@H](C[C@H]2O[C@H](COC(C)=O)[C@@H](OC(C)=O)[C@H](OC(C)=O)[C@@H]2OC(C)=O)[C@H]1OC(C)=O. The van der Waals surface area contributed by atoms with Gasteiger partial charge in [0.25, 0.3) is 0 Å². The van der Waals surface area contributed by atoms with Gasteiger partial charge in [0.2, 0.25) is 14.2 Å². The highest BCUT2D eigenvalue weighted by Gasteiger charge is 2.59. The molecule has 2 fully saturated rings. The Kier molecular flexibility index (Phi) is 16.9. The number of methoxy groups -OCH3 is 1. The summed E-state index contributed by atoms with van der Waals surface area (Å²) in [4.78, 5) is 88.2. The molecule has 0 unspecified atom stereocenters. The van der Waals surface area contributed by atoms with Crippen LogP contribution in [0.25, 0.3) is 0 Å². The Morgan fingerprint density at radius 1 is 0.623 bits per heavy atom. The van der Waals surface area contributed by atoms with Gasteiger partial charge < -0.3 is 47.6 Å². The zero-order valence-corrected chi connectivity index (χ0v) is 34.0. The highest BCUT2D eigenvalue weighted by molar-refractivity contribution is 6.77. The maximum Gasteiger partial charge on any atom is 0.339 e. The summed E-state index contributed by atoms with van der Waals surface area (Å²) >= 11 is 0. The minimum absolute atomic E-state index is 0.0325. The Balaban J connectivity index is 2.93. The zero-order chi connectivity index (χ0) is 40.5. The minimum Gasteiger partial charge on any atom is -0.467 e. The Bertz CT molecular complexity index is 1310. The first-order chi connectivity index (χ1) is 24.6. The van der Waals surface area contributed by atoms with Crippen LogP contribution in [0.15, 0.2) is 0 Å². The summed E-state index contributed by atoms with van der Waals surface area (Å²) in [7, 11) is -1.70. The minimum atomic E-state index is -2.83. The van der Waals surface area contributed by atoms with Crippen molar-refractivity contribution in [3.8, 4) is 0 Å². The van der Waals surface area contributed by atoms with E-state index in [2.05, 4.69) is 5.32 Å². The fourth-order valence-electron chi connectivity index (χ4n) is 7.76. The molecule has 53 heavy (non-hydrogen) atoms. The van der Waals surface area contributed by atoms with E-state index in [1.54, 1.807) is 0 Å². The van der Waals surface area contributed by atoms with Crippen molar-refractivity contribution in [3.63, 3.8) is 0 Å². The Morgan fingerprint density at radius 3 is 1.49 bits per heavy atom. The van der Waals surface area contributed by atoms with Crippen molar-refractivity contribution < 1.29 is 75.9 Å². The van der Waals surface area contributed by atoms with Crippen molar-refractivity contribution in [3.05, 3.63) is 0 Å². The lowest BCUT2D eigenvalue weighted by Gasteiger charge is -2.52. The molecule has 1 N–H and O–H groups in total. The number of hydrogen-bond acceptors (Lipinski definition) is 16. The van der Waals surface area contributed by atoms with E-state index in [-0.39, 0.29) is 23.0 Å². The van der Waals surface area contributed by atoms with Gasteiger partial charge in [-0.15, -0.1) is 0 Å². The summed E-state index contributed by atoms with van der Waals surface area (Å²) in [5, 5.41) is 2.88. The van der Waals surface area contributed by atoms with Gasteiger partial charge in [-0.3, -0.25) is 28.8 Å². The maximum atomic E-state index is 13.4. The van der Waals surface area contributed by atoms with E-state index >= 15 is 0 Å². The van der Waals surface area contributed by atoms with E-state index in [0.717, 1.165) is 41.7 Å². The second kappa shape index (κ2) is 19.6. The van der Waals surface area contributed by atoms with Crippen LogP contribution in [0.5, 0.6) is 0 Å². The Hall–Kier alpha value is -3.61. The van der Waals surface area contributed by atoms with Gasteiger partial charge in [0, 0.05) is 47.5 Å². The Morgan fingerprint density at radius 2 is 1.08 bits per heavy atom. The molecule has 0 aromatic rings. The van der Waals surface area contributed by atoms with E-state index in [1.807, 2.05) is 41.5 Å². The molecule has 2 aliphatic heterocycles. The smallest absolute Gasteiger partial charge is 0.339 e. The number of ether oxygens (including phenoxy) is 8. The molecule has 10 atom stereocenters. The first-order valence-electron chi connectivity index (χ1n) is 17.7. The lowest BCUT2D eigenvalue weighted by Crippen LogP contribution is -2.68. The van der Waals surface area contributed by atoms with E-state index in [9.17, 15) is 33.6 Å². The van der Waals surface area contributed by atoms with Gasteiger partial charge in [-0.2, -0.15) is 0 Å². The molecule has 2 rings (SSSR count). The fourth-order valence-corrected chi connectivity index (χ4v) is 13.2. The van der Waals surface area contributed by atoms with E-state index < -0.39 is 118 Å². The molecular weight excluding hydrogens is 718 g/mol. The van der Waals surface area contributed by atoms with Gasteiger partial charge in [-0.1, -0.05) is 41.5 Å². The molecule has 2 saturated heterocycles. The van der Waals surface area contributed by atoms with Crippen LogP contribution in [0.1, 0.15) is 89.5 Å². The summed E-state index contributed by atoms with van der Waals surface area (Å²) in [6, 6.07) is -1.12. The predicted molar refractivity (Wildman–Crippen MR) is 186 cm³/mol. The summed E-state index contributed by atoms with van der Waals surface area (Å²) in [6.07, 6.45) is -11.5. The van der Waals surface area contributed by atoms with Gasteiger partial charge in [0.15, 0.2) is 30.7 Å². The average molecular weight is 776 g/mol. The topological polar surface area (TPSA) is 215 Å². The van der Waals surface area contributed by atoms with E-state index in [0.29, 0.717) is 0 Å². The van der Waals surface area contributed by atoms with Gasteiger partial charge in [-0.25, -0.2) is 4.79 Å². The highest BCUT2D eigenvalue weighted by atomic mass is 28.4. The average Bonchev–Trinajstić information content (AvgIpc) is 3.01. The molecule has 0 saturated carbocycles. The van der Waals surface area contributed by atoms with Crippen molar-refractivity contribution in [1.29, 1.82) is 0 Å². The Labute approximate surface area is 311 Å². The molecule has 0 aliphatic carbocycles. The van der Waals surface area contributed by atoms with Crippen LogP contribution in [-0.2, 0) is 75.9 Å². The van der Waals surface area contributed by atoms with Crippen LogP contribution < -0.4 is 5.32 Å². The van der Waals surface area contributed by atoms with E-state index in [4.69, 9.17) is 42.3 Å². The van der Waals surface area contributed by atoms with Crippen molar-refractivity contribution in [2.24, 2.45) is 5.92 Å². The number of rotatable bonds is 15. The van der Waals surface area contributed by atoms with Gasteiger partial charge in [-0.05, 0) is 23.0 Å². The molecule has 0 aromatic carbocycles. The third kappa shape index (κ3) is 11.7. The zero-order valence-electron chi connectivity index (χ0n) is 33.0. The van der Waals surface area contributed by atoms with Crippen molar-refractivity contribution in [1.82, 2.24) is 5.32 Å². The van der Waals surface area contributed by atoms with Crippen LogP contribution in [-0.4, -0.2) is 119 Å². The summed E-state index contributed by atoms with van der Waals surface area (Å²) < 4.78 is 52.6. The number of hydrogen-bond donors (Lipinski definition) is 1. The maximum absolute atomic E-state index is 13.4. The molecule has 2 aliphatic rings. The van der Waals surface area contributed by atoms with Crippen LogP contribution >= 0.6 is 0 Å². The molecule has 2 heterocycles. The van der Waals surface area contributed by atoms with E-state index in [1.165, 1.54) is 6.92 Å². The quantitative estimate of drug-likeness (QED) is 0.144. The van der Waals surface area contributed by atoms with Crippen molar-refractivity contribution >= 4 is 50.0 Å². The molecule has 302 valence electrons. The largest absolute Gasteiger partial charge is 0.467 e. The number of esters is 6. The number of amides is 1. The van der Waals surface area contributed by atoms with Crippen molar-refractivity contribution in [2.75, 3.05) is 13.7 Å². The predicted octanol–water partition coefficient (Wildman–Crippen LogP) is 2.64. The first kappa shape index (κ1) is 45.5. The number of carbonyl (C=O) groups is 7. The molecule has 0 spiro atoms. The molecule has 0 aromatic heterocycles. The number of nitrogens with one attached hydrogen (secondary N) is 1. The standard InChI is InChI=1S/C35H57NO16Si/c1-16(2)53(17(3)4,18(5)6)52-35-28(36-19(7)37)25(29(46-21(9)39)33(51-35)34(43)44-13)14-26-30(47-22(10)40)32(49-24(12)42)31(48-23(11)41)27(50-26)15-45-20(8)38/h16-18,25-33,35H,14-15H2,1-13H3,(H,36,37)/t25-,26-,27-,28-,29-,30-,31-,32-,33+,35-/m1/s1. The lowest BCUT2D eigenvalue weighted by atomic mass is 9.79. The monoisotopic (exact) mass is 775 g/mol. The van der Waals surface area contributed by atoms with Gasteiger partial charge in [0.1, 0.15) is 18.8 Å². The van der Waals surface area contributed by atoms with Gasteiger partial charge in [0.05, 0.1) is 19.3 Å². The van der Waals surface area contributed by atoms with Crippen LogP contribution in [0.4, 0.5) is 0 Å². The summed E-state index contributed by atoms with van der Waals surface area (Å²) in [5.74, 6) is -6.45. The van der Waals surface area contributed by atoms with Crippen LogP contribution in [0.2, 0.25) is 16.6 Å². The van der Waals surface area contributed by atoms with Crippen LogP contribution in [0.3, 0.4) is 0 Å². The second-order valence-corrected chi connectivity index (χ2v) is 19.7. The highest BCUT2D eigenvalue weighted by Crippen LogP contribution is 2.46. The fraction of sp³-hybridized carbons (Fsp3) is 0.800. The van der Waals surface area contributed by atoms with Crippen LogP contribution in [0, 0.1) is 5.92 Å². The molecule has 0 radical (unpaired) electrons. The summed E-state index contributed by atoms with van der Waals surface area (Å²) in [6.45, 7) is 18.6. The number of carbonyl (C=O) groups excluding carboxylic acids is 7. The molecular formula is C35H57NO16Si. The van der Waals surface area contributed by atoms with Crippen molar-refractivity contribution in [2.45, 2.75) is 161 Å². The normalized spacial score (nSPS) is 28.8. The first-order valence-corrected chi connectivity index (χ1v) is 19.9. The third-order valence-corrected chi connectivity index (χ3v) is 15.5. The molecule has 17 nitrogen and oxygen atoms in total. The molecule has 18 heteroatoms. The molecule has 0 bridgehead atoms. The van der Waals surface area contributed by atoms with Gasteiger partial charge >= 0.3 is 35.8 Å². The second-order valence-electron chi connectivity index (χ2n) is 14.3. The third-order valence-electron chi connectivity index (χ3n) is 9.48. The lowest BCUT2D eigenvalue weighted by molar-refractivity contribution is -0.267. The summed E-state index contributed by atoms with van der Waals surface area (Å²) in [5.41, 5.74) is 0.0974.